The van der Waals surface area contributed by atoms with E-state index in [4.69, 9.17) is 4.74 Å². The van der Waals surface area contributed by atoms with Gasteiger partial charge < -0.3 is 14.2 Å². The molecule has 1 rings (SSSR count). The molecule has 0 saturated carbocycles. The first-order valence-electron chi connectivity index (χ1n) is 5.38. The van der Waals surface area contributed by atoms with Crippen LogP contribution in [0.2, 0.25) is 0 Å². The maximum atomic E-state index is 12.5. The van der Waals surface area contributed by atoms with Gasteiger partial charge in [-0.05, 0) is 6.92 Å². The van der Waals surface area contributed by atoms with Crippen LogP contribution in [-0.4, -0.2) is 31.0 Å². The second kappa shape index (κ2) is 6.78. The molecular weight excluding hydrogens is 347 g/mol. The van der Waals surface area contributed by atoms with Gasteiger partial charge in [0.05, 0.1) is 19.3 Å². The Morgan fingerprint density at radius 3 is 2.55 bits per heavy atom. The average Bonchev–Trinajstić information content (AvgIpc) is 2.36. The Morgan fingerprint density at radius 2 is 2.10 bits per heavy atom. The fraction of sp³-hybridized carbons (Fsp3) is 0.455. The predicted octanol–water partition coefficient (Wildman–Crippen LogP) is 3.06. The van der Waals surface area contributed by atoms with Crippen molar-refractivity contribution in [1.29, 1.82) is 0 Å². The second-order valence-electron chi connectivity index (χ2n) is 3.39. The van der Waals surface area contributed by atoms with Crippen LogP contribution >= 0.6 is 15.9 Å². The summed E-state index contributed by atoms with van der Waals surface area (Å²) < 4.78 is 50.8. The summed E-state index contributed by atoms with van der Waals surface area (Å²) in [5.74, 6) is -1.71. The minimum absolute atomic E-state index is 0.0139. The third-order valence-electron chi connectivity index (χ3n) is 2.13. The molecule has 20 heavy (non-hydrogen) atoms. The Bertz CT molecular complexity index is 493. The quantitative estimate of drug-likeness (QED) is 0.598. The van der Waals surface area contributed by atoms with Gasteiger partial charge in [0.25, 0.3) is 0 Å². The van der Waals surface area contributed by atoms with Crippen molar-refractivity contribution in [1.82, 2.24) is 4.98 Å². The van der Waals surface area contributed by atoms with E-state index in [0.29, 0.717) is 0 Å². The first-order chi connectivity index (χ1) is 9.34. The zero-order valence-electron chi connectivity index (χ0n) is 10.6. The molecule has 0 aliphatic carbocycles. The largest absolute Gasteiger partial charge is 0.573 e. The number of rotatable bonds is 5. The van der Waals surface area contributed by atoms with E-state index in [2.05, 4.69) is 30.4 Å². The maximum Gasteiger partial charge on any atom is 0.573 e. The standard InChI is InChI=1S/C11H11BrF3NO4/c1-3-19-10(17)7-5-16-9(18-2)6(4-12)8(7)20-11(13,14)15/h5H,3-4H2,1-2H3. The predicted molar refractivity (Wildman–Crippen MR) is 66.1 cm³/mol. The zero-order chi connectivity index (χ0) is 15.3. The lowest BCUT2D eigenvalue weighted by molar-refractivity contribution is -0.275. The van der Waals surface area contributed by atoms with Gasteiger partial charge in [0.1, 0.15) is 5.56 Å². The lowest BCUT2D eigenvalue weighted by Crippen LogP contribution is -2.21. The number of ether oxygens (including phenoxy) is 3. The summed E-state index contributed by atoms with van der Waals surface area (Å²) in [5, 5.41) is -0.0398. The topological polar surface area (TPSA) is 57.7 Å². The molecule has 0 fully saturated rings. The van der Waals surface area contributed by atoms with Gasteiger partial charge in [0.15, 0.2) is 5.75 Å². The third-order valence-corrected chi connectivity index (χ3v) is 2.69. The minimum atomic E-state index is -4.95. The third kappa shape index (κ3) is 3.99. The van der Waals surface area contributed by atoms with Crippen LogP contribution in [0, 0.1) is 0 Å². The van der Waals surface area contributed by atoms with Gasteiger partial charge in [-0.1, -0.05) is 15.9 Å². The van der Waals surface area contributed by atoms with Gasteiger partial charge in [-0.2, -0.15) is 0 Å². The maximum absolute atomic E-state index is 12.5. The first kappa shape index (κ1) is 16.5. The molecule has 0 aliphatic rings. The molecule has 0 N–H and O–H groups in total. The lowest BCUT2D eigenvalue weighted by Gasteiger charge is -2.17. The van der Waals surface area contributed by atoms with Crippen LogP contribution in [0.15, 0.2) is 6.20 Å². The average molecular weight is 358 g/mol. The van der Waals surface area contributed by atoms with E-state index in [1.807, 2.05) is 0 Å². The molecule has 1 aromatic rings. The highest BCUT2D eigenvalue weighted by atomic mass is 79.9. The van der Waals surface area contributed by atoms with Crippen molar-refractivity contribution >= 4 is 21.9 Å². The van der Waals surface area contributed by atoms with E-state index in [0.717, 1.165) is 6.20 Å². The highest BCUT2D eigenvalue weighted by molar-refractivity contribution is 9.08. The number of carbonyl (C=O) groups is 1. The number of methoxy groups -OCH3 is 1. The van der Waals surface area contributed by atoms with Crippen LogP contribution in [0.4, 0.5) is 13.2 Å². The second-order valence-corrected chi connectivity index (χ2v) is 3.95. The van der Waals surface area contributed by atoms with Crippen molar-refractivity contribution in [2.24, 2.45) is 0 Å². The van der Waals surface area contributed by atoms with Crippen LogP contribution in [0.3, 0.4) is 0 Å². The number of carbonyl (C=O) groups excluding carboxylic acids is 1. The van der Waals surface area contributed by atoms with E-state index in [9.17, 15) is 18.0 Å². The van der Waals surface area contributed by atoms with Gasteiger partial charge in [-0.25, -0.2) is 9.78 Å². The molecule has 0 spiro atoms. The van der Waals surface area contributed by atoms with E-state index in [1.165, 1.54) is 14.0 Å². The number of pyridine rings is 1. The van der Waals surface area contributed by atoms with E-state index >= 15 is 0 Å². The molecule has 112 valence electrons. The fourth-order valence-electron chi connectivity index (χ4n) is 1.40. The number of halogens is 4. The number of aromatic nitrogens is 1. The van der Waals surface area contributed by atoms with Crippen LogP contribution in [0.1, 0.15) is 22.8 Å². The molecule has 0 atom stereocenters. The van der Waals surface area contributed by atoms with Crippen molar-refractivity contribution in [2.45, 2.75) is 18.6 Å². The summed E-state index contributed by atoms with van der Waals surface area (Å²) in [7, 11) is 1.25. The number of nitrogens with zero attached hydrogens (tertiary/aromatic N) is 1. The summed E-state index contributed by atoms with van der Waals surface area (Å²) in [6.07, 6.45) is -4.03. The molecule has 0 unspecified atom stereocenters. The molecule has 0 amide bonds. The van der Waals surface area contributed by atoms with Gasteiger partial charge in [0.2, 0.25) is 5.88 Å². The molecule has 0 radical (unpaired) electrons. The molecule has 0 bridgehead atoms. The minimum Gasteiger partial charge on any atom is -0.481 e. The summed E-state index contributed by atoms with van der Waals surface area (Å²) in [6.45, 7) is 1.55. The lowest BCUT2D eigenvalue weighted by atomic mass is 10.2. The number of alkyl halides is 4. The number of hydrogen-bond acceptors (Lipinski definition) is 5. The Morgan fingerprint density at radius 1 is 1.45 bits per heavy atom. The normalized spacial score (nSPS) is 11.1. The summed E-state index contributed by atoms with van der Waals surface area (Å²) in [4.78, 5) is 15.4. The summed E-state index contributed by atoms with van der Waals surface area (Å²) >= 11 is 3.01. The van der Waals surface area contributed by atoms with Crippen molar-refractivity contribution < 1.29 is 32.2 Å². The fourth-order valence-corrected chi connectivity index (χ4v) is 1.89. The Labute approximate surface area is 121 Å². The van der Waals surface area contributed by atoms with Crippen LogP contribution in [-0.2, 0) is 10.1 Å². The van der Waals surface area contributed by atoms with Crippen molar-refractivity contribution in [3.05, 3.63) is 17.3 Å². The van der Waals surface area contributed by atoms with Crippen LogP contribution in [0.5, 0.6) is 11.6 Å². The van der Waals surface area contributed by atoms with Gasteiger partial charge >= 0.3 is 12.3 Å². The van der Waals surface area contributed by atoms with Gasteiger partial charge in [-0.15, -0.1) is 13.2 Å². The smallest absolute Gasteiger partial charge is 0.481 e. The van der Waals surface area contributed by atoms with Crippen LogP contribution in [0.25, 0.3) is 0 Å². The molecule has 9 heteroatoms. The van der Waals surface area contributed by atoms with Crippen molar-refractivity contribution in [3.63, 3.8) is 0 Å². The monoisotopic (exact) mass is 357 g/mol. The number of hydrogen-bond donors (Lipinski definition) is 0. The molecule has 0 aromatic carbocycles. The highest BCUT2D eigenvalue weighted by Gasteiger charge is 2.35. The molecular formula is C11H11BrF3NO4. The summed E-state index contributed by atoms with van der Waals surface area (Å²) in [5.41, 5.74) is -0.449. The molecule has 1 aromatic heterocycles. The molecule has 0 saturated heterocycles. The van der Waals surface area contributed by atoms with Gasteiger partial charge in [0, 0.05) is 11.5 Å². The van der Waals surface area contributed by atoms with E-state index in [-0.39, 0.29) is 23.4 Å². The van der Waals surface area contributed by atoms with Crippen molar-refractivity contribution in [2.75, 3.05) is 13.7 Å². The van der Waals surface area contributed by atoms with Gasteiger partial charge in [-0.3, -0.25) is 0 Å². The molecule has 1 heterocycles. The Balaban J connectivity index is 3.39. The summed E-state index contributed by atoms with van der Waals surface area (Å²) in [6, 6.07) is 0. The Kier molecular flexibility index (Phi) is 5.61. The zero-order valence-corrected chi connectivity index (χ0v) is 12.2. The Hall–Kier alpha value is -1.51. The molecule has 0 aliphatic heterocycles. The van der Waals surface area contributed by atoms with E-state index in [1.54, 1.807) is 0 Å². The number of esters is 1. The van der Waals surface area contributed by atoms with E-state index < -0.39 is 23.6 Å². The highest BCUT2D eigenvalue weighted by Crippen LogP contribution is 2.36. The molecule has 5 nitrogen and oxygen atoms in total. The first-order valence-corrected chi connectivity index (χ1v) is 6.50. The van der Waals surface area contributed by atoms with Crippen LogP contribution < -0.4 is 9.47 Å². The SMILES string of the molecule is CCOC(=O)c1cnc(OC)c(CBr)c1OC(F)(F)F. The van der Waals surface area contributed by atoms with Crippen molar-refractivity contribution in [3.8, 4) is 11.6 Å².